The molecule has 0 unspecified atom stereocenters. The second kappa shape index (κ2) is 3.69. The number of phenols is 2. The van der Waals surface area contributed by atoms with Crippen molar-refractivity contribution in [2.24, 2.45) is 0 Å². The summed E-state index contributed by atoms with van der Waals surface area (Å²) in [5.74, 6) is 0.0772. The smallest absolute Gasteiger partial charge is 0.161 e. The number of aromatic hydroxyl groups is 2. The van der Waals surface area contributed by atoms with E-state index in [4.69, 9.17) is 0 Å². The molecule has 0 aliphatic carbocycles. The molecule has 0 amide bonds. The third kappa shape index (κ3) is 1.77. The zero-order valence-electron chi connectivity index (χ0n) is 8.39. The molecule has 0 saturated heterocycles. The Bertz CT molecular complexity index is 316. The second-order valence-corrected chi connectivity index (χ2v) is 3.44. The van der Waals surface area contributed by atoms with Gasteiger partial charge in [0, 0.05) is 5.56 Å². The molecule has 0 aliphatic heterocycles. The van der Waals surface area contributed by atoms with Crippen molar-refractivity contribution in [3.8, 4) is 11.5 Å². The lowest BCUT2D eigenvalue weighted by molar-refractivity contribution is 0.396. The Hall–Kier alpha value is -1.18. The maximum Gasteiger partial charge on any atom is 0.161 e. The maximum absolute atomic E-state index is 9.64. The third-order valence-electron chi connectivity index (χ3n) is 2.29. The molecule has 0 aliphatic rings. The molecule has 0 spiro atoms. The van der Waals surface area contributed by atoms with E-state index in [0.717, 1.165) is 29.5 Å². The van der Waals surface area contributed by atoms with Crippen LogP contribution in [0.2, 0.25) is 0 Å². The van der Waals surface area contributed by atoms with Crippen molar-refractivity contribution < 1.29 is 10.2 Å². The average molecular weight is 180 g/mol. The van der Waals surface area contributed by atoms with Crippen molar-refractivity contribution in [3.63, 3.8) is 0 Å². The van der Waals surface area contributed by atoms with E-state index < -0.39 is 0 Å². The molecule has 0 bridgehead atoms. The van der Waals surface area contributed by atoms with E-state index in [-0.39, 0.29) is 11.5 Å². The van der Waals surface area contributed by atoms with Gasteiger partial charge in [0.25, 0.3) is 0 Å². The van der Waals surface area contributed by atoms with E-state index in [0.29, 0.717) is 0 Å². The molecule has 0 saturated carbocycles. The lowest BCUT2D eigenvalue weighted by Crippen LogP contribution is -1.91. The molecule has 0 aromatic heterocycles. The highest BCUT2D eigenvalue weighted by molar-refractivity contribution is 5.53. The predicted octanol–water partition coefficient (Wildman–Crippen LogP) is 2.67. The van der Waals surface area contributed by atoms with Crippen LogP contribution < -0.4 is 0 Å². The fraction of sp³-hybridized carbons (Fsp3) is 0.455. The first-order valence-electron chi connectivity index (χ1n) is 4.59. The Kier molecular flexibility index (Phi) is 2.81. The molecule has 0 fully saturated rings. The highest BCUT2D eigenvalue weighted by atomic mass is 16.3. The molecule has 0 atom stereocenters. The zero-order chi connectivity index (χ0) is 10.0. The van der Waals surface area contributed by atoms with Gasteiger partial charge in [0.05, 0.1) is 0 Å². The van der Waals surface area contributed by atoms with Gasteiger partial charge in [0.2, 0.25) is 0 Å². The van der Waals surface area contributed by atoms with Crippen molar-refractivity contribution in [2.75, 3.05) is 0 Å². The highest BCUT2D eigenvalue weighted by Crippen LogP contribution is 2.35. The van der Waals surface area contributed by atoms with E-state index in [1.165, 1.54) is 0 Å². The SMILES string of the molecule is CCCc1c(C)cc(C)c(O)c1O. The van der Waals surface area contributed by atoms with Gasteiger partial charge in [-0.3, -0.25) is 0 Å². The van der Waals surface area contributed by atoms with Crippen LogP contribution in [-0.2, 0) is 6.42 Å². The van der Waals surface area contributed by atoms with Crippen molar-refractivity contribution in [1.29, 1.82) is 0 Å². The zero-order valence-corrected chi connectivity index (χ0v) is 8.39. The quantitative estimate of drug-likeness (QED) is 0.687. The normalized spacial score (nSPS) is 10.4. The molecule has 72 valence electrons. The molecule has 1 aromatic carbocycles. The highest BCUT2D eigenvalue weighted by Gasteiger charge is 2.11. The molecule has 1 aromatic rings. The first-order chi connectivity index (χ1) is 6.07. The van der Waals surface area contributed by atoms with Crippen LogP contribution in [0.15, 0.2) is 6.07 Å². The fourth-order valence-electron chi connectivity index (χ4n) is 1.56. The van der Waals surface area contributed by atoms with Crippen molar-refractivity contribution in [3.05, 3.63) is 22.8 Å². The molecule has 0 radical (unpaired) electrons. The number of benzene rings is 1. The van der Waals surface area contributed by atoms with Gasteiger partial charge in [-0.05, 0) is 31.4 Å². The molecule has 2 N–H and O–H groups in total. The molecule has 1 rings (SSSR count). The molecule has 0 heterocycles. The van der Waals surface area contributed by atoms with Crippen LogP contribution in [0, 0.1) is 13.8 Å². The van der Waals surface area contributed by atoms with Crippen LogP contribution in [0.25, 0.3) is 0 Å². The minimum atomic E-state index is 0.0223. The van der Waals surface area contributed by atoms with Crippen LogP contribution >= 0.6 is 0 Å². The molecule has 2 nitrogen and oxygen atoms in total. The monoisotopic (exact) mass is 180 g/mol. The van der Waals surface area contributed by atoms with Gasteiger partial charge in [0.1, 0.15) is 0 Å². The fourth-order valence-corrected chi connectivity index (χ4v) is 1.56. The van der Waals surface area contributed by atoms with E-state index in [2.05, 4.69) is 6.92 Å². The van der Waals surface area contributed by atoms with Crippen LogP contribution in [-0.4, -0.2) is 10.2 Å². The molecule has 2 heteroatoms. The van der Waals surface area contributed by atoms with Crippen LogP contribution in [0.3, 0.4) is 0 Å². The third-order valence-corrected chi connectivity index (χ3v) is 2.29. The predicted molar refractivity (Wildman–Crippen MR) is 53.2 cm³/mol. The van der Waals surface area contributed by atoms with Gasteiger partial charge >= 0.3 is 0 Å². The maximum atomic E-state index is 9.64. The summed E-state index contributed by atoms with van der Waals surface area (Å²) in [4.78, 5) is 0. The van der Waals surface area contributed by atoms with Gasteiger partial charge in [0.15, 0.2) is 11.5 Å². The Morgan fingerprint density at radius 2 is 1.69 bits per heavy atom. The van der Waals surface area contributed by atoms with Gasteiger partial charge in [-0.1, -0.05) is 19.4 Å². The first kappa shape index (κ1) is 9.90. The summed E-state index contributed by atoms with van der Waals surface area (Å²) >= 11 is 0. The lowest BCUT2D eigenvalue weighted by Gasteiger charge is -2.10. The molecular formula is C11H16O2. The lowest BCUT2D eigenvalue weighted by atomic mass is 9.99. The summed E-state index contributed by atoms with van der Waals surface area (Å²) in [6.45, 7) is 5.80. The Balaban J connectivity index is 3.26. The van der Waals surface area contributed by atoms with E-state index in [9.17, 15) is 10.2 Å². The molecular weight excluding hydrogens is 164 g/mol. The van der Waals surface area contributed by atoms with Crippen molar-refractivity contribution in [1.82, 2.24) is 0 Å². The number of hydrogen-bond acceptors (Lipinski definition) is 2. The van der Waals surface area contributed by atoms with E-state index in [1.807, 2.05) is 13.0 Å². The summed E-state index contributed by atoms with van der Waals surface area (Å²) < 4.78 is 0. The first-order valence-corrected chi connectivity index (χ1v) is 4.59. The van der Waals surface area contributed by atoms with E-state index >= 15 is 0 Å². The average Bonchev–Trinajstić information content (AvgIpc) is 2.09. The van der Waals surface area contributed by atoms with Crippen molar-refractivity contribution >= 4 is 0 Å². The van der Waals surface area contributed by atoms with Crippen LogP contribution in [0.5, 0.6) is 11.5 Å². The summed E-state index contributed by atoms with van der Waals surface area (Å²) in [6, 6.07) is 1.90. The number of aryl methyl sites for hydroxylation is 2. The van der Waals surface area contributed by atoms with Crippen molar-refractivity contribution in [2.45, 2.75) is 33.6 Å². The topological polar surface area (TPSA) is 40.5 Å². The van der Waals surface area contributed by atoms with E-state index in [1.54, 1.807) is 6.92 Å². The molecule has 13 heavy (non-hydrogen) atoms. The summed E-state index contributed by atoms with van der Waals surface area (Å²) in [5, 5.41) is 19.1. The summed E-state index contributed by atoms with van der Waals surface area (Å²) in [5.41, 5.74) is 2.65. The number of phenolic OH excluding ortho intramolecular Hbond substituents is 2. The minimum absolute atomic E-state index is 0.0223. The van der Waals surface area contributed by atoms with Crippen LogP contribution in [0.1, 0.15) is 30.0 Å². The number of rotatable bonds is 2. The summed E-state index contributed by atoms with van der Waals surface area (Å²) in [7, 11) is 0. The van der Waals surface area contributed by atoms with Gasteiger partial charge in [-0.25, -0.2) is 0 Å². The summed E-state index contributed by atoms with van der Waals surface area (Å²) in [6.07, 6.45) is 1.78. The van der Waals surface area contributed by atoms with Gasteiger partial charge < -0.3 is 10.2 Å². The number of hydrogen-bond donors (Lipinski definition) is 2. The largest absolute Gasteiger partial charge is 0.504 e. The Labute approximate surface area is 78.8 Å². The minimum Gasteiger partial charge on any atom is -0.504 e. The van der Waals surface area contributed by atoms with Gasteiger partial charge in [-0.15, -0.1) is 0 Å². The standard InChI is InChI=1S/C11H16O2/c1-4-5-9-7(2)6-8(3)10(12)11(9)13/h6,12-13H,4-5H2,1-3H3. The second-order valence-electron chi connectivity index (χ2n) is 3.44. The Morgan fingerprint density at radius 3 is 2.23 bits per heavy atom. The Morgan fingerprint density at radius 1 is 1.08 bits per heavy atom. The van der Waals surface area contributed by atoms with Gasteiger partial charge in [-0.2, -0.15) is 0 Å². The van der Waals surface area contributed by atoms with Crippen LogP contribution in [0.4, 0.5) is 0 Å².